The van der Waals surface area contributed by atoms with Crippen LogP contribution in [0.15, 0.2) is 41.2 Å². The maximum atomic E-state index is 12.3. The molecule has 0 aliphatic carbocycles. The van der Waals surface area contributed by atoms with Gasteiger partial charge >= 0.3 is 0 Å². The van der Waals surface area contributed by atoms with Crippen molar-refractivity contribution in [2.75, 3.05) is 0 Å². The van der Waals surface area contributed by atoms with E-state index in [1.54, 1.807) is 24.3 Å². The molecule has 2 rings (SSSR count). The fraction of sp³-hybridized carbons (Fsp3) is 0.294. The van der Waals surface area contributed by atoms with Crippen molar-refractivity contribution in [1.29, 1.82) is 5.26 Å². The molecule has 1 amide bonds. The molecule has 0 saturated carbocycles. The topological polar surface area (TPSA) is 87.8 Å². The van der Waals surface area contributed by atoms with Crippen LogP contribution in [0.1, 0.15) is 47.9 Å². The quantitative estimate of drug-likeness (QED) is 0.915. The monoisotopic (exact) mass is 310 g/mol. The number of aryl methyl sites for hydroxylation is 1. The summed E-state index contributed by atoms with van der Waals surface area (Å²) in [7, 11) is 0. The molecular weight excluding hydrogens is 292 g/mol. The third-order valence-electron chi connectivity index (χ3n) is 3.42. The molecule has 0 bridgehead atoms. The normalized spacial score (nSPS) is 11.5. The highest BCUT2D eigenvalue weighted by Gasteiger charge is 2.14. The lowest BCUT2D eigenvalue weighted by molar-refractivity contribution is 0.0932. The first-order valence-electron chi connectivity index (χ1n) is 7.44. The minimum absolute atomic E-state index is 0.207. The molecule has 1 heterocycles. The average molecular weight is 310 g/mol. The molecule has 2 aromatic rings. The summed E-state index contributed by atoms with van der Waals surface area (Å²) >= 11 is 0. The summed E-state index contributed by atoms with van der Waals surface area (Å²) in [5.41, 5.74) is 1.45. The van der Waals surface area contributed by atoms with E-state index in [-0.39, 0.29) is 23.2 Å². The molecule has 0 unspecified atom stereocenters. The van der Waals surface area contributed by atoms with E-state index in [0.29, 0.717) is 12.1 Å². The maximum Gasteiger partial charge on any atom is 0.272 e. The Kier molecular flexibility index (Phi) is 5.26. The smallest absolute Gasteiger partial charge is 0.272 e. The summed E-state index contributed by atoms with van der Waals surface area (Å²) < 4.78 is 1.29. The van der Waals surface area contributed by atoms with Crippen LogP contribution in [-0.4, -0.2) is 15.7 Å². The van der Waals surface area contributed by atoms with E-state index in [4.69, 9.17) is 5.26 Å². The summed E-state index contributed by atoms with van der Waals surface area (Å²) in [6, 6.07) is 11.6. The number of aromatic nitrogens is 2. The molecule has 0 radical (unpaired) electrons. The highest BCUT2D eigenvalue weighted by atomic mass is 16.2. The van der Waals surface area contributed by atoms with Crippen molar-refractivity contribution in [3.63, 3.8) is 0 Å². The van der Waals surface area contributed by atoms with Gasteiger partial charge in [-0.3, -0.25) is 9.59 Å². The molecule has 1 atom stereocenters. The van der Waals surface area contributed by atoms with Gasteiger partial charge in [-0.25, -0.2) is 4.68 Å². The van der Waals surface area contributed by atoms with Crippen molar-refractivity contribution in [3.8, 4) is 6.07 Å². The number of nitriles is 1. The molecular formula is C17H18N4O2. The molecule has 118 valence electrons. The van der Waals surface area contributed by atoms with Crippen molar-refractivity contribution in [3.05, 3.63) is 63.6 Å². The van der Waals surface area contributed by atoms with Gasteiger partial charge in [-0.15, -0.1) is 0 Å². The number of nitrogens with zero attached hydrogens (tertiary/aromatic N) is 3. The lowest BCUT2D eigenvalue weighted by atomic mass is 10.1. The predicted molar refractivity (Wildman–Crippen MR) is 85.8 cm³/mol. The Labute approximate surface area is 134 Å². The van der Waals surface area contributed by atoms with Crippen molar-refractivity contribution in [1.82, 2.24) is 15.1 Å². The Morgan fingerprint density at radius 2 is 2.00 bits per heavy atom. The van der Waals surface area contributed by atoms with Crippen LogP contribution < -0.4 is 10.9 Å². The highest BCUT2D eigenvalue weighted by molar-refractivity contribution is 5.92. The van der Waals surface area contributed by atoms with Gasteiger partial charge in [-0.05, 0) is 37.1 Å². The number of amides is 1. The van der Waals surface area contributed by atoms with Crippen LogP contribution in [0.5, 0.6) is 0 Å². The van der Waals surface area contributed by atoms with Gasteiger partial charge in [0.05, 0.1) is 17.7 Å². The molecule has 6 nitrogen and oxygen atoms in total. The summed E-state index contributed by atoms with van der Waals surface area (Å²) in [5, 5.41) is 15.7. The Morgan fingerprint density at radius 1 is 1.30 bits per heavy atom. The van der Waals surface area contributed by atoms with E-state index in [9.17, 15) is 9.59 Å². The predicted octanol–water partition coefficient (Wildman–Crippen LogP) is 2.02. The molecule has 0 aliphatic heterocycles. The van der Waals surface area contributed by atoms with Gasteiger partial charge in [0.2, 0.25) is 0 Å². The number of rotatable bonds is 5. The number of benzene rings is 1. The maximum absolute atomic E-state index is 12.3. The van der Waals surface area contributed by atoms with E-state index in [1.807, 2.05) is 13.8 Å². The molecule has 23 heavy (non-hydrogen) atoms. The highest BCUT2D eigenvalue weighted by Crippen LogP contribution is 2.13. The van der Waals surface area contributed by atoms with Crippen LogP contribution in [-0.2, 0) is 6.54 Å². The average Bonchev–Trinajstić information content (AvgIpc) is 2.57. The first-order chi connectivity index (χ1) is 11.0. The third-order valence-corrected chi connectivity index (χ3v) is 3.42. The molecule has 1 aromatic heterocycles. The molecule has 0 spiro atoms. The largest absolute Gasteiger partial charge is 0.344 e. The van der Waals surface area contributed by atoms with Gasteiger partial charge in [0.25, 0.3) is 11.5 Å². The number of hydrogen-bond acceptors (Lipinski definition) is 4. The molecule has 1 aromatic carbocycles. The van der Waals surface area contributed by atoms with Crippen LogP contribution >= 0.6 is 0 Å². The van der Waals surface area contributed by atoms with E-state index in [2.05, 4.69) is 16.5 Å². The van der Waals surface area contributed by atoms with E-state index >= 15 is 0 Å². The number of carbonyl (C=O) groups excluding carboxylic acids is 1. The zero-order chi connectivity index (χ0) is 16.8. The SMILES string of the molecule is CCCn1nc(C(=O)N[C@@H](C)c2ccc(C#N)cc2)ccc1=O. The minimum atomic E-state index is -0.341. The number of hydrogen-bond donors (Lipinski definition) is 1. The Bertz CT molecular complexity index is 787. The fourth-order valence-corrected chi connectivity index (χ4v) is 2.14. The summed E-state index contributed by atoms with van der Waals surface area (Å²) in [6.45, 7) is 4.26. The molecule has 6 heteroatoms. The molecule has 0 aliphatic rings. The number of carbonyl (C=O) groups is 1. The van der Waals surface area contributed by atoms with Crippen LogP contribution in [0.25, 0.3) is 0 Å². The van der Waals surface area contributed by atoms with Gasteiger partial charge in [0, 0.05) is 12.6 Å². The summed E-state index contributed by atoms with van der Waals surface area (Å²) in [6.07, 6.45) is 0.764. The summed E-state index contributed by atoms with van der Waals surface area (Å²) in [5.74, 6) is -0.341. The van der Waals surface area contributed by atoms with Crippen LogP contribution in [0.2, 0.25) is 0 Å². The van der Waals surface area contributed by atoms with Crippen LogP contribution in [0.4, 0.5) is 0 Å². The van der Waals surface area contributed by atoms with Crippen molar-refractivity contribution >= 4 is 5.91 Å². The second-order valence-electron chi connectivity index (χ2n) is 5.21. The van der Waals surface area contributed by atoms with Crippen LogP contribution in [0, 0.1) is 11.3 Å². The van der Waals surface area contributed by atoms with E-state index in [1.165, 1.54) is 16.8 Å². The third kappa shape index (κ3) is 4.04. The van der Waals surface area contributed by atoms with Gasteiger partial charge in [0.1, 0.15) is 5.69 Å². The van der Waals surface area contributed by atoms with E-state index in [0.717, 1.165) is 12.0 Å². The van der Waals surface area contributed by atoms with Gasteiger partial charge in [0.15, 0.2) is 0 Å². The fourth-order valence-electron chi connectivity index (χ4n) is 2.14. The number of nitrogens with one attached hydrogen (secondary N) is 1. The van der Waals surface area contributed by atoms with Crippen LogP contribution in [0.3, 0.4) is 0 Å². The molecule has 1 N–H and O–H groups in total. The van der Waals surface area contributed by atoms with E-state index < -0.39 is 0 Å². The van der Waals surface area contributed by atoms with Crippen molar-refractivity contribution in [2.45, 2.75) is 32.9 Å². The standard InChI is InChI=1S/C17H18N4O2/c1-3-10-21-16(22)9-8-15(20-21)17(23)19-12(2)14-6-4-13(11-18)5-7-14/h4-9,12H,3,10H2,1-2H3,(H,19,23)/t12-/m0/s1. The Morgan fingerprint density at radius 3 is 2.61 bits per heavy atom. The second kappa shape index (κ2) is 7.36. The Balaban J connectivity index is 2.13. The lowest BCUT2D eigenvalue weighted by Crippen LogP contribution is -2.31. The minimum Gasteiger partial charge on any atom is -0.344 e. The van der Waals surface area contributed by atoms with Crippen molar-refractivity contribution in [2.24, 2.45) is 0 Å². The first-order valence-corrected chi connectivity index (χ1v) is 7.44. The first kappa shape index (κ1) is 16.4. The van der Waals surface area contributed by atoms with Crippen molar-refractivity contribution < 1.29 is 4.79 Å². The summed E-state index contributed by atoms with van der Waals surface area (Å²) in [4.78, 5) is 23.9. The Hall–Kier alpha value is -2.94. The molecule has 0 fully saturated rings. The zero-order valence-electron chi connectivity index (χ0n) is 13.1. The zero-order valence-corrected chi connectivity index (χ0v) is 13.1. The van der Waals surface area contributed by atoms with Gasteiger partial charge in [-0.2, -0.15) is 10.4 Å². The molecule has 0 saturated heterocycles. The van der Waals surface area contributed by atoms with Gasteiger partial charge in [-0.1, -0.05) is 19.1 Å². The van der Waals surface area contributed by atoms with Gasteiger partial charge < -0.3 is 5.32 Å². The lowest BCUT2D eigenvalue weighted by Gasteiger charge is -2.14. The second-order valence-corrected chi connectivity index (χ2v) is 5.21.